The number of carbonyl (C=O) groups excluding carboxylic acids is 1. The SMILES string of the molecule is CCCN1[C@@H]2c3ccc(-c4ccc(F)cc4)c(=O)n3C[C@H]1[C@H](CO)[C@H]2C(=O)NCC. The van der Waals surface area contributed by atoms with E-state index in [-0.39, 0.29) is 41.9 Å². The number of nitrogens with one attached hydrogen (secondary N) is 1. The lowest BCUT2D eigenvalue weighted by molar-refractivity contribution is -0.127. The lowest BCUT2D eigenvalue weighted by atomic mass is 9.86. The number of fused-ring (bicyclic) bond motifs is 4. The molecule has 0 saturated carbocycles. The van der Waals surface area contributed by atoms with Gasteiger partial charge in [-0.1, -0.05) is 19.1 Å². The molecule has 0 aliphatic carbocycles. The molecule has 1 saturated heterocycles. The number of carbonyl (C=O) groups is 1. The Balaban J connectivity index is 1.83. The van der Waals surface area contributed by atoms with Crippen LogP contribution in [0.4, 0.5) is 4.39 Å². The molecule has 6 nitrogen and oxygen atoms in total. The van der Waals surface area contributed by atoms with Crippen molar-refractivity contribution >= 4 is 5.91 Å². The van der Waals surface area contributed by atoms with E-state index in [9.17, 15) is 19.1 Å². The van der Waals surface area contributed by atoms with Gasteiger partial charge in [-0.3, -0.25) is 14.5 Å². The highest BCUT2D eigenvalue weighted by molar-refractivity contribution is 5.80. The van der Waals surface area contributed by atoms with Gasteiger partial charge in [0, 0.05) is 42.9 Å². The lowest BCUT2D eigenvalue weighted by Crippen LogP contribution is -2.46. The van der Waals surface area contributed by atoms with Crippen LogP contribution in [0.1, 0.15) is 32.0 Å². The maximum absolute atomic E-state index is 13.4. The Morgan fingerprint density at radius 2 is 1.93 bits per heavy atom. The number of aromatic nitrogens is 1. The highest BCUT2D eigenvalue weighted by Crippen LogP contribution is 2.48. The molecule has 1 aromatic heterocycles. The summed E-state index contributed by atoms with van der Waals surface area (Å²) in [6.07, 6.45) is 0.922. The van der Waals surface area contributed by atoms with Crippen LogP contribution < -0.4 is 10.9 Å². The van der Waals surface area contributed by atoms with Gasteiger partial charge in [-0.25, -0.2) is 4.39 Å². The zero-order chi connectivity index (χ0) is 21.4. The molecule has 0 unspecified atom stereocenters. The minimum absolute atomic E-state index is 0.0753. The Bertz CT molecular complexity index is 988. The van der Waals surface area contributed by atoms with Crippen LogP contribution in [-0.2, 0) is 11.3 Å². The normalized spacial score (nSPS) is 25.2. The van der Waals surface area contributed by atoms with Gasteiger partial charge in [0.15, 0.2) is 0 Å². The number of nitrogens with zero attached hydrogens (tertiary/aromatic N) is 2. The first kappa shape index (κ1) is 20.8. The second-order valence-electron chi connectivity index (χ2n) is 8.11. The minimum atomic E-state index is -0.406. The van der Waals surface area contributed by atoms with Crippen LogP contribution in [0.5, 0.6) is 0 Å². The number of pyridine rings is 1. The molecular weight excluding hydrogens is 385 g/mol. The fraction of sp³-hybridized carbons (Fsp3) is 0.478. The maximum Gasteiger partial charge on any atom is 0.258 e. The summed E-state index contributed by atoms with van der Waals surface area (Å²) in [5, 5.41) is 13.1. The fourth-order valence-corrected chi connectivity index (χ4v) is 5.23. The molecular formula is C23H28FN3O3. The van der Waals surface area contributed by atoms with Crippen molar-refractivity contribution in [2.75, 3.05) is 19.7 Å². The summed E-state index contributed by atoms with van der Waals surface area (Å²) in [4.78, 5) is 28.6. The predicted octanol–water partition coefficient (Wildman–Crippen LogP) is 2.16. The number of aliphatic hydroxyl groups excluding tert-OH is 1. The molecule has 1 aromatic carbocycles. The van der Waals surface area contributed by atoms with E-state index in [0.29, 0.717) is 24.2 Å². The standard InChI is InChI=1S/C23H28FN3O3/c1-3-11-26-19-12-27-18(21(26)20(17(19)13-28)22(29)25-4-2)10-9-16(23(27)30)14-5-7-15(24)8-6-14/h5-10,17,19-21,28H,3-4,11-13H2,1-2H3,(H,25,29)/t17-,19-,20+,21+/m0/s1. The van der Waals surface area contributed by atoms with Crippen molar-refractivity contribution in [3.8, 4) is 11.1 Å². The van der Waals surface area contributed by atoms with Crippen molar-refractivity contribution in [3.05, 3.63) is 58.3 Å². The summed E-state index contributed by atoms with van der Waals surface area (Å²) in [5.74, 6) is -1.06. The van der Waals surface area contributed by atoms with Gasteiger partial charge >= 0.3 is 0 Å². The van der Waals surface area contributed by atoms with E-state index in [1.54, 1.807) is 22.8 Å². The van der Waals surface area contributed by atoms with E-state index in [1.165, 1.54) is 12.1 Å². The van der Waals surface area contributed by atoms with E-state index in [0.717, 1.165) is 18.7 Å². The molecule has 4 atom stereocenters. The highest BCUT2D eigenvalue weighted by Gasteiger charge is 2.55. The molecule has 2 aliphatic heterocycles. The number of benzene rings is 1. The van der Waals surface area contributed by atoms with Crippen LogP contribution in [0.2, 0.25) is 0 Å². The summed E-state index contributed by atoms with van der Waals surface area (Å²) in [5.41, 5.74) is 1.84. The fourth-order valence-electron chi connectivity index (χ4n) is 5.23. The number of halogens is 1. The molecule has 2 N–H and O–H groups in total. The van der Waals surface area contributed by atoms with E-state index < -0.39 is 5.92 Å². The monoisotopic (exact) mass is 413 g/mol. The number of hydrogen-bond acceptors (Lipinski definition) is 4. The first-order valence-corrected chi connectivity index (χ1v) is 10.7. The zero-order valence-corrected chi connectivity index (χ0v) is 17.3. The Labute approximate surface area is 175 Å². The van der Waals surface area contributed by atoms with Crippen LogP contribution in [0.25, 0.3) is 11.1 Å². The van der Waals surface area contributed by atoms with Gasteiger partial charge in [-0.2, -0.15) is 0 Å². The molecule has 30 heavy (non-hydrogen) atoms. The Morgan fingerprint density at radius 3 is 2.57 bits per heavy atom. The van der Waals surface area contributed by atoms with E-state index in [1.807, 2.05) is 13.0 Å². The molecule has 0 radical (unpaired) electrons. The second kappa shape index (κ2) is 8.32. The van der Waals surface area contributed by atoms with Crippen molar-refractivity contribution in [3.63, 3.8) is 0 Å². The summed E-state index contributed by atoms with van der Waals surface area (Å²) in [7, 11) is 0. The molecule has 7 heteroatoms. The minimum Gasteiger partial charge on any atom is -0.396 e. The molecule has 2 bridgehead atoms. The van der Waals surface area contributed by atoms with Gasteiger partial charge in [-0.15, -0.1) is 0 Å². The maximum atomic E-state index is 13.4. The van der Waals surface area contributed by atoms with E-state index >= 15 is 0 Å². The summed E-state index contributed by atoms with van der Waals surface area (Å²) < 4.78 is 15.1. The third-order valence-electron chi connectivity index (χ3n) is 6.46. The van der Waals surface area contributed by atoms with Crippen LogP contribution in [-0.4, -0.2) is 46.2 Å². The van der Waals surface area contributed by atoms with Crippen LogP contribution in [0.3, 0.4) is 0 Å². The van der Waals surface area contributed by atoms with Crippen molar-refractivity contribution in [1.82, 2.24) is 14.8 Å². The predicted molar refractivity (Wildman–Crippen MR) is 112 cm³/mol. The third-order valence-corrected chi connectivity index (χ3v) is 6.46. The topological polar surface area (TPSA) is 74.6 Å². The van der Waals surface area contributed by atoms with Crippen molar-refractivity contribution in [2.45, 2.75) is 38.9 Å². The third kappa shape index (κ3) is 3.26. The average Bonchev–Trinajstić information content (AvgIpc) is 2.94. The zero-order valence-electron chi connectivity index (χ0n) is 17.3. The molecule has 1 amide bonds. The molecule has 1 fully saturated rings. The number of rotatable bonds is 6. The largest absolute Gasteiger partial charge is 0.396 e. The number of aliphatic hydroxyl groups is 1. The first-order chi connectivity index (χ1) is 14.5. The van der Waals surface area contributed by atoms with Crippen molar-refractivity contribution in [1.29, 1.82) is 0 Å². The lowest BCUT2D eigenvalue weighted by Gasteiger charge is -2.38. The molecule has 0 spiro atoms. The Kier molecular flexibility index (Phi) is 5.75. The van der Waals surface area contributed by atoms with Gasteiger partial charge in [0.05, 0.1) is 12.0 Å². The summed E-state index contributed by atoms with van der Waals surface area (Å²) in [6, 6.07) is 9.25. The van der Waals surface area contributed by atoms with E-state index in [4.69, 9.17) is 0 Å². The first-order valence-electron chi connectivity index (χ1n) is 10.7. The van der Waals surface area contributed by atoms with Crippen molar-refractivity contribution < 1.29 is 14.3 Å². The quantitative estimate of drug-likeness (QED) is 0.761. The Morgan fingerprint density at radius 1 is 1.20 bits per heavy atom. The van der Waals surface area contributed by atoms with Crippen molar-refractivity contribution in [2.24, 2.45) is 11.8 Å². The Hall–Kier alpha value is -2.51. The average molecular weight is 413 g/mol. The van der Waals surface area contributed by atoms with E-state index in [2.05, 4.69) is 17.1 Å². The van der Waals surface area contributed by atoms with Gasteiger partial charge in [0.2, 0.25) is 5.91 Å². The molecule has 2 aliphatic rings. The highest BCUT2D eigenvalue weighted by atomic mass is 19.1. The number of hydrogen-bond donors (Lipinski definition) is 2. The van der Waals surface area contributed by atoms with Gasteiger partial charge in [0.1, 0.15) is 5.82 Å². The second-order valence-corrected chi connectivity index (χ2v) is 8.11. The molecule has 2 aromatic rings. The van der Waals surface area contributed by atoms with Gasteiger partial charge in [0.25, 0.3) is 5.56 Å². The van der Waals surface area contributed by atoms with Crippen LogP contribution >= 0.6 is 0 Å². The van der Waals surface area contributed by atoms with Crippen LogP contribution in [0, 0.1) is 17.7 Å². The van der Waals surface area contributed by atoms with Gasteiger partial charge in [-0.05, 0) is 49.7 Å². The molecule has 4 rings (SSSR count). The van der Waals surface area contributed by atoms with Gasteiger partial charge < -0.3 is 15.0 Å². The molecule has 160 valence electrons. The van der Waals surface area contributed by atoms with Crippen LogP contribution in [0.15, 0.2) is 41.2 Å². The number of amides is 1. The summed E-state index contributed by atoms with van der Waals surface area (Å²) in [6.45, 7) is 5.63. The summed E-state index contributed by atoms with van der Waals surface area (Å²) >= 11 is 0. The molecule has 3 heterocycles. The smallest absolute Gasteiger partial charge is 0.258 e.